The maximum Gasteiger partial charge on any atom is 0.160 e. The summed E-state index contributed by atoms with van der Waals surface area (Å²) in [6, 6.07) is 128. The summed E-state index contributed by atoms with van der Waals surface area (Å²) in [6.45, 7) is 0. The maximum absolute atomic E-state index is 7.00. The Kier molecular flexibility index (Phi) is 12.0. The molecule has 0 atom stereocenters. The van der Waals surface area contributed by atoms with Crippen LogP contribution < -0.4 is 0 Å². The molecule has 0 aliphatic rings. The number of furan rings is 2. The van der Waals surface area contributed by atoms with Gasteiger partial charge in [-0.25, -0.2) is 0 Å². The van der Waals surface area contributed by atoms with E-state index in [4.69, 9.17) is 8.83 Å². The van der Waals surface area contributed by atoms with Gasteiger partial charge < -0.3 is 18.0 Å². The summed E-state index contributed by atoms with van der Waals surface area (Å²) in [7, 11) is 0. The van der Waals surface area contributed by atoms with Crippen molar-refractivity contribution >= 4 is 195 Å². The third kappa shape index (κ3) is 8.07. The Hall–Kier alpha value is -13.8. The highest BCUT2D eigenvalue weighted by Gasteiger charge is 2.29. The maximum atomic E-state index is 7.00. The zero-order valence-corrected chi connectivity index (χ0v) is 56.2. The number of fused-ring (bicyclic) bond motifs is 36. The highest BCUT2D eigenvalue weighted by atomic mass is 16.3. The first-order valence-corrected chi connectivity index (χ1v) is 35.9. The number of hydrogen-bond acceptors (Lipinski definition) is 2. The van der Waals surface area contributed by atoms with E-state index in [1.54, 1.807) is 0 Å². The number of nitrogens with zero attached hydrogens (tertiary/aromatic N) is 2. The molecule has 24 aromatic rings. The topological polar surface area (TPSA) is 36.1 Å². The molecule has 104 heavy (non-hydrogen) atoms. The van der Waals surface area contributed by atoms with Gasteiger partial charge in [0.25, 0.3) is 0 Å². The SMILES string of the molecule is c1cc(-c2ccc3c(ccc4ccccc43)c2)cc(-n2c3ccccc3c3c4c5ccccc5c5ccccc5c4c4c5ccccc5oc4c32)c1.c1ccc2c(c1)ccc1ccc(-c3ccc(-n4c5ccccc5c5c6c7ccccc7c7ccccc7c6c6c7ccccc7oc6c54)cc3)cc12. The van der Waals surface area contributed by atoms with Gasteiger partial charge in [-0.05, 0) is 169 Å². The van der Waals surface area contributed by atoms with Crippen molar-refractivity contribution in [1.29, 1.82) is 0 Å². The molecule has 0 spiro atoms. The predicted molar refractivity (Wildman–Crippen MR) is 442 cm³/mol. The van der Waals surface area contributed by atoms with Gasteiger partial charge in [-0.3, -0.25) is 0 Å². The number of hydrogen-bond donors (Lipinski definition) is 0. The van der Waals surface area contributed by atoms with Gasteiger partial charge in [-0.15, -0.1) is 0 Å². The smallest absolute Gasteiger partial charge is 0.160 e. The van der Waals surface area contributed by atoms with Crippen molar-refractivity contribution in [2.75, 3.05) is 0 Å². The minimum Gasteiger partial charge on any atom is -0.454 e. The van der Waals surface area contributed by atoms with Gasteiger partial charge in [0, 0.05) is 76.0 Å². The predicted octanol–water partition coefficient (Wildman–Crippen LogP) is 28.2. The van der Waals surface area contributed by atoms with Crippen LogP contribution in [0.4, 0.5) is 0 Å². The van der Waals surface area contributed by atoms with E-state index in [0.29, 0.717) is 0 Å². The molecule has 480 valence electrons. The minimum atomic E-state index is 0.901. The Morgan fingerprint density at radius 2 is 0.519 bits per heavy atom. The summed E-state index contributed by atoms with van der Waals surface area (Å²) in [6.07, 6.45) is 0. The molecule has 0 amide bonds. The molecular weight excluding hydrogens is 1260 g/mol. The van der Waals surface area contributed by atoms with Crippen molar-refractivity contribution in [1.82, 2.24) is 9.13 Å². The lowest BCUT2D eigenvalue weighted by molar-refractivity contribution is 0.671. The van der Waals surface area contributed by atoms with E-state index in [0.717, 1.165) is 66.5 Å². The van der Waals surface area contributed by atoms with E-state index >= 15 is 0 Å². The summed E-state index contributed by atoms with van der Waals surface area (Å²) in [5, 5.41) is 34.8. The monoisotopic (exact) mass is 1320 g/mol. The number of aromatic nitrogens is 2. The fourth-order valence-corrected chi connectivity index (χ4v) is 18.2. The summed E-state index contributed by atoms with van der Waals surface area (Å²) in [5.74, 6) is 0. The van der Waals surface area contributed by atoms with Crippen molar-refractivity contribution in [3.63, 3.8) is 0 Å². The van der Waals surface area contributed by atoms with E-state index in [9.17, 15) is 0 Å². The number of para-hydroxylation sites is 4. The van der Waals surface area contributed by atoms with E-state index in [1.165, 1.54) is 162 Å². The number of benzene rings is 20. The third-order valence-corrected chi connectivity index (χ3v) is 22.6. The number of rotatable bonds is 4. The lowest BCUT2D eigenvalue weighted by Crippen LogP contribution is -1.95. The fraction of sp³-hybridized carbons (Fsp3) is 0. The van der Waals surface area contributed by atoms with Gasteiger partial charge >= 0.3 is 0 Å². The lowest BCUT2D eigenvalue weighted by atomic mass is 9.89. The second-order valence-electron chi connectivity index (χ2n) is 28.0. The molecule has 0 bridgehead atoms. The van der Waals surface area contributed by atoms with E-state index < -0.39 is 0 Å². The first kappa shape index (κ1) is 57.0. The summed E-state index contributed by atoms with van der Waals surface area (Å²) < 4.78 is 18.8. The van der Waals surface area contributed by atoms with Crippen LogP contribution in [0.3, 0.4) is 0 Å². The first-order valence-electron chi connectivity index (χ1n) is 35.9. The van der Waals surface area contributed by atoms with E-state index in [2.05, 4.69) is 361 Å². The van der Waals surface area contributed by atoms with Gasteiger partial charge in [0.1, 0.15) is 11.2 Å². The Morgan fingerprint density at radius 1 is 0.173 bits per heavy atom. The van der Waals surface area contributed by atoms with Gasteiger partial charge in [-0.1, -0.05) is 291 Å². The van der Waals surface area contributed by atoms with Gasteiger partial charge in [0.2, 0.25) is 0 Å². The summed E-state index contributed by atoms with van der Waals surface area (Å²) >= 11 is 0. The van der Waals surface area contributed by atoms with Crippen molar-refractivity contribution in [3.8, 4) is 33.6 Å². The van der Waals surface area contributed by atoms with Crippen LogP contribution in [-0.4, -0.2) is 9.13 Å². The van der Waals surface area contributed by atoms with Crippen molar-refractivity contribution in [2.45, 2.75) is 0 Å². The second kappa shape index (κ2) is 21.9. The summed E-state index contributed by atoms with van der Waals surface area (Å²) in [4.78, 5) is 0. The van der Waals surface area contributed by atoms with Crippen LogP contribution in [0.25, 0.3) is 229 Å². The average Bonchev–Trinajstić information content (AvgIpc) is 1.54. The molecule has 4 aromatic heterocycles. The summed E-state index contributed by atoms with van der Waals surface area (Å²) in [5.41, 5.74) is 15.1. The van der Waals surface area contributed by atoms with Gasteiger partial charge in [-0.2, -0.15) is 0 Å². The Balaban J connectivity index is 0.000000127. The Labute approximate surface area is 594 Å². The normalized spacial score (nSPS) is 12.2. The molecule has 0 aliphatic heterocycles. The molecule has 0 aliphatic carbocycles. The molecule has 0 saturated heterocycles. The molecular formula is C100H58N2O2. The largest absolute Gasteiger partial charge is 0.454 e. The fourth-order valence-electron chi connectivity index (χ4n) is 18.2. The van der Waals surface area contributed by atoms with E-state index in [-0.39, 0.29) is 0 Å². The molecule has 4 nitrogen and oxygen atoms in total. The van der Waals surface area contributed by atoms with Crippen molar-refractivity contribution in [3.05, 3.63) is 352 Å². The van der Waals surface area contributed by atoms with Crippen LogP contribution in [0.5, 0.6) is 0 Å². The second-order valence-corrected chi connectivity index (χ2v) is 28.0. The Morgan fingerprint density at radius 3 is 1.04 bits per heavy atom. The Bertz CT molecular complexity index is 7850. The molecule has 0 fully saturated rings. The van der Waals surface area contributed by atoms with Crippen molar-refractivity contribution < 1.29 is 8.83 Å². The highest BCUT2D eigenvalue weighted by molar-refractivity contribution is 6.46. The van der Waals surface area contributed by atoms with Crippen LogP contribution in [0.15, 0.2) is 361 Å². The van der Waals surface area contributed by atoms with Crippen LogP contribution in [0.2, 0.25) is 0 Å². The van der Waals surface area contributed by atoms with Gasteiger partial charge in [0.05, 0.1) is 22.1 Å². The molecule has 24 rings (SSSR count). The first-order chi connectivity index (χ1) is 51.6. The van der Waals surface area contributed by atoms with Crippen molar-refractivity contribution in [2.24, 2.45) is 0 Å². The third-order valence-electron chi connectivity index (χ3n) is 22.6. The van der Waals surface area contributed by atoms with Crippen LogP contribution in [0, 0.1) is 0 Å². The van der Waals surface area contributed by atoms with Crippen LogP contribution in [-0.2, 0) is 0 Å². The van der Waals surface area contributed by atoms with Crippen LogP contribution >= 0.6 is 0 Å². The molecule has 4 heterocycles. The van der Waals surface area contributed by atoms with E-state index in [1.807, 2.05) is 0 Å². The molecule has 0 N–H and O–H groups in total. The molecule has 20 aromatic carbocycles. The minimum absolute atomic E-state index is 0.901. The highest BCUT2D eigenvalue weighted by Crippen LogP contribution is 2.53. The lowest BCUT2D eigenvalue weighted by Gasteiger charge is -2.15. The molecule has 0 unspecified atom stereocenters. The molecule has 0 radical (unpaired) electrons. The zero-order valence-electron chi connectivity index (χ0n) is 56.2. The molecule has 4 heteroatoms. The van der Waals surface area contributed by atoms with Crippen LogP contribution in [0.1, 0.15) is 0 Å². The average molecular weight is 1320 g/mol. The molecule has 0 saturated carbocycles. The quantitative estimate of drug-likeness (QED) is 0.165. The zero-order chi connectivity index (χ0) is 67.8. The van der Waals surface area contributed by atoms with Gasteiger partial charge in [0.15, 0.2) is 11.2 Å². The standard InChI is InChI=1S/2C50H29NO/c1-2-15-35-30(12-1)24-25-33-28-32(26-27-36(33)35)31-13-11-14-34(29-31)51-43-22-9-7-20-41(43)47-45-39-18-5-3-16-37(39)38-17-4-6-19-40(38)46(45)48-42-21-8-10-23-44(42)52-50(48)49(47)51;1-2-12-35-31(11-1)21-22-32-23-24-33(29-42(32)35)30-25-27-34(28-26-30)51-43-19-9-7-17-40(43)47-45-38-15-5-3-13-36(38)37-14-4-6-16-39(37)46(45)48-41-18-8-10-20-44(41)52-50(48)49(47)51/h2*1-29H.